The minimum atomic E-state index is -0.301. The Morgan fingerprint density at radius 1 is 1.32 bits per heavy atom. The molecule has 0 spiro atoms. The fraction of sp³-hybridized carbons (Fsp3) is 0.579. The Balaban J connectivity index is 1.83. The molecule has 0 radical (unpaired) electrons. The molecule has 0 aromatic carbocycles. The molecule has 2 amide bonds. The summed E-state index contributed by atoms with van der Waals surface area (Å²) in [6, 6.07) is 0. The molecule has 1 fully saturated rings. The van der Waals surface area contributed by atoms with Crippen LogP contribution in [0.3, 0.4) is 0 Å². The third-order valence-electron chi connectivity index (χ3n) is 5.30. The Kier molecular flexibility index (Phi) is 5.39. The van der Waals surface area contributed by atoms with Gasteiger partial charge in [0.2, 0.25) is 11.8 Å². The van der Waals surface area contributed by atoms with Crippen LogP contribution in [0.4, 0.5) is 0 Å². The molecule has 0 aromatic heterocycles. The van der Waals surface area contributed by atoms with Gasteiger partial charge in [0.05, 0.1) is 11.6 Å². The molecule has 1 saturated heterocycles. The molecular formula is C19H28N4O2. The van der Waals surface area contributed by atoms with Crippen LogP contribution >= 0.6 is 0 Å². The lowest BCUT2D eigenvalue weighted by Gasteiger charge is -2.31. The van der Waals surface area contributed by atoms with Crippen LogP contribution in [0.2, 0.25) is 0 Å². The Labute approximate surface area is 149 Å². The van der Waals surface area contributed by atoms with E-state index in [4.69, 9.17) is 0 Å². The van der Waals surface area contributed by atoms with Crippen LogP contribution < -0.4 is 10.6 Å². The molecule has 1 atom stereocenters. The Hall–Kier alpha value is -1.92. The fourth-order valence-corrected chi connectivity index (χ4v) is 3.98. The quantitative estimate of drug-likeness (QED) is 0.810. The summed E-state index contributed by atoms with van der Waals surface area (Å²) in [5.74, 6) is -0.178. The van der Waals surface area contributed by atoms with E-state index in [0.717, 1.165) is 37.2 Å². The summed E-state index contributed by atoms with van der Waals surface area (Å²) in [4.78, 5) is 23.7. The number of hydrazine groups is 1. The van der Waals surface area contributed by atoms with Crippen molar-refractivity contribution < 1.29 is 9.59 Å². The largest absolute Gasteiger partial charge is 0.317 e. The molecule has 6 heteroatoms. The summed E-state index contributed by atoms with van der Waals surface area (Å²) in [5.41, 5.74) is 3.52. The van der Waals surface area contributed by atoms with E-state index < -0.39 is 0 Å². The van der Waals surface area contributed by atoms with Crippen molar-refractivity contribution in [2.75, 3.05) is 26.7 Å². The third kappa shape index (κ3) is 3.70. The molecule has 136 valence electrons. The second-order valence-corrected chi connectivity index (χ2v) is 7.06. The van der Waals surface area contributed by atoms with Crippen molar-refractivity contribution >= 4 is 11.8 Å². The van der Waals surface area contributed by atoms with Crippen LogP contribution in [-0.2, 0) is 9.59 Å². The normalized spacial score (nSPS) is 22.7. The van der Waals surface area contributed by atoms with Gasteiger partial charge in [0.25, 0.3) is 0 Å². The number of rotatable bonds is 4. The maximum absolute atomic E-state index is 12.4. The van der Waals surface area contributed by atoms with Crippen molar-refractivity contribution in [2.45, 2.75) is 33.1 Å². The Morgan fingerprint density at radius 3 is 2.68 bits per heavy atom. The van der Waals surface area contributed by atoms with Gasteiger partial charge in [-0.1, -0.05) is 13.0 Å². The standard InChI is InChI=1S/C19H28N4O2/c1-4-16(19(25)21-13(2)24)17-12-22(3)23-11-15(5-6-18(17)23)14-7-9-20-10-8-14/h5-6,11,14,16,20H,4,7-10,12H2,1-3H3,(H,21,24,25). The molecule has 0 aliphatic carbocycles. The van der Waals surface area contributed by atoms with E-state index in [9.17, 15) is 9.59 Å². The first-order chi connectivity index (χ1) is 12.0. The predicted molar refractivity (Wildman–Crippen MR) is 96.9 cm³/mol. The highest BCUT2D eigenvalue weighted by atomic mass is 16.2. The molecule has 0 aromatic rings. The number of carbonyl (C=O) groups is 2. The van der Waals surface area contributed by atoms with Crippen LogP contribution in [-0.4, -0.2) is 48.5 Å². The summed E-state index contributed by atoms with van der Waals surface area (Å²) in [6.45, 7) is 6.22. The fourth-order valence-electron chi connectivity index (χ4n) is 3.98. The number of hydrogen-bond acceptors (Lipinski definition) is 5. The van der Waals surface area contributed by atoms with Gasteiger partial charge in [-0.15, -0.1) is 0 Å². The number of fused-ring (bicyclic) bond motifs is 1. The summed E-state index contributed by atoms with van der Waals surface area (Å²) in [6.07, 6.45) is 9.57. The highest BCUT2D eigenvalue weighted by Crippen LogP contribution is 2.36. The van der Waals surface area contributed by atoms with Gasteiger partial charge >= 0.3 is 0 Å². The van der Waals surface area contributed by atoms with Gasteiger partial charge in [0.1, 0.15) is 0 Å². The maximum atomic E-state index is 12.4. The monoisotopic (exact) mass is 344 g/mol. The van der Waals surface area contributed by atoms with Crippen LogP contribution in [0.25, 0.3) is 0 Å². The van der Waals surface area contributed by atoms with E-state index in [-0.39, 0.29) is 17.7 Å². The lowest BCUT2D eigenvalue weighted by molar-refractivity contribution is -0.131. The maximum Gasteiger partial charge on any atom is 0.233 e. The molecule has 25 heavy (non-hydrogen) atoms. The topological polar surface area (TPSA) is 64.7 Å². The SMILES string of the molecule is CCC(C(=O)NC(C)=O)C1=C2C=CC(C3CCNCC3)=CN2N(C)C1. The summed E-state index contributed by atoms with van der Waals surface area (Å²) < 4.78 is 0. The number of imide groups is 1. The number of allylic oxidation sites excluding steroid dienone is 3. The lowest BCUT2D eigenvalue weighted by atomic mass is 9.88. The minimum absolute atomic E-state index is 0.200. The average molecular weight is 344 g/mol. The molecule has 1 unspecified atom stereocenters. The molecule has 3 rings (SSSR count). The van der Waals surface area contributed by atoms with Crippen molar-refractivity contribution in [3.8, 4) is 0 Å². The number of piperidine rings is 1. The number of hydrogen-bond donors (Lipinski definition) is 2. The molecule has 3 aliphatic rings. The summed E-state index contributed by atoms with van der Waals surface area (Å²) in [5, 5.41) is 10.2. The molecule has 6 nitrogen and oxygen atoms in total. The Bertz CT molecular complexity index is 644. The lowest BCUT2D eigenvalue weighted by Crippen LogP contribution is -2.35. The van der Waals surface area contributed by atoms with Gasteiger partial charge in [-0.2, -0.15) is 0 Å². The first kappa shape index (κ1) is 17.9. The van der Waals surface area contributed by atoms with Gasteiger partial charge in [-0.25, -0.2) is 5.01 Å². The first-order valence-electron chi connectivity index (χ1n) is 9.16. The first-order valence-corrected chi connectivity index (χ1v) is 9.16. The van der Waals surface area contributed by atoms with Crippen LogP contribution in [0.15, 0.2) is 35.2 Å². The van der Waals surface area contributed by atoms with Crippen LogP contribution in [0.1, 0.15) is 33.1 Å². The number of amides is 2. The van der Waals surface area contributed by atoms with Crippen LogP contribution in [0, 0.1) is 11.8 Å². The molecular weight excluding hydrogens is 316 g/mol. The molecule has 0 bridgehead atoms. The van der Waals surface area contributed by atoms with Crippen molar-refractivity contribution in [2.24, 2.45) is 11.8 Å². The van der Waals surface area contributed by atoms with Crippen molar-refractivity contribution in [1.82, 2.24) is 20.7 Å². The van der Waals surface area contributed by atoms with Gasteiger partial charge in [-0.3, -0.25) is 19.9 Å². The van der Waals surface area contributed by atoms with E-state index in [1.165, 1.54) is 12.5 Å². The molecule has 3 heterocycles. The number of carbonyl (C=O) groups excluding carboxylic acids is 2. The zero-order chi connectivity index (χ0) is 18.0. The number of nitrogens with zero attached hydrogens (tertiary/aromatic N) is 2. The van der Waals surface area contributed by atoms with Gasteiger partial charge in [0, 0.05) is 26.7 Å². The van der Waals surface area contributed by atoms with Crippen LogP contribution in [0.5, 0.6) is 0 Å². The molecule has 3 aliphatic heterocycles. The second-order valence-electron chi connectivity index (χ2n) is 7.06. The van der Waals surface area contributed by atoms with Crippen molar-refractivity contribution in [1.29, 1.82) is 0 Å². The predicted octanol–water partition coefficient (Wildman–Crippen LogP) is 1.55. The second kappa shape index (κ2) is 7.54. The van der Waals surface area contributed by atoms with Crippen molar-refractivity contribution in [3.05, 3.63) is 35.2 Å². The van der Waals surface area contributed by atoms with Gasteiger partial charge in [0.15, 0.2) is 0 Å². The Morgan fingerprint density at radius 2 is 2.04 bits per heavy atom. The van der Waals surface area contributed by atoms with E-state index in [1.807, 2.05) is 14.0 Å². The average Bonchev–Trinajstić information content (AvgIpc) is 2.92. The van der Waals surface area contributed by atoms with E-state index in [2.05, 4.69) is 39.0 Å². The van der Waals surface area contributed by atoms with Crippen molar-refractivity contribution in [3.63, 3.8) is 0 Å². The van der Waals surface area contributed by atoms with E-state index in [1.54, 1.807) is 0 Å². The van der Waals surface area contributed by atoms with Gasteiger partial charge in [-0.05, 0) is 55.5 Å². The highest BCUT2D eigenvalue weighted by Gasteiger charge is 2.34. The summed E-state index contributed by atoms with van der Waals surface area (Å²) in [7, 11) is 2.04. The highest BCUT2D eigenvalue weighted by molar-refractivity contribution is 5.96. The molecule has 0 saturated carbocycles. The number of likely N-dealkylation sites (N-methyl/N-ethyl adjacent to an activating group) is 1. The summed E-state index contributed by atoms with van der Waals surface area (Å²) >= 11 is 0. The third-order valence-corrected chi connectivity index (χ3v) is 5.30. The van der Waals surface area contributed by atoms with E-state index in [0.29, 0.717) is 18.9 Å². The smallest absolute Gasteiger partial charge is 0.233 e. The number of nitrogens with one attached hydrogen (secondary N) is 2. The zero-order valence-corrected chi connectivity index (χ0v) is 15.3. The minimum Gasteiger partial charge on any atom is -0.317 e. The van der Waals surface area contributed by atoms with E-state index >= 15 is 0 Å². The zero-order valence-electron chi connectivity index (χ0n) is 15.3. The van der Waals surface area contributed by atoms with Gasteiger partial charge < -0.3 is 5.32 Å². The molecule has 2 N–H and O–H groups in total.